The third-order valence-corrected chi connectivity index (χ3v) is 3.11. The number of carbonyl (C=O) groups excluding carboxylic acids is 2. The summed E-state index contributed by atoms with van der Waals surface area (Å²) in [5.74, 6) is -0.170. The fourth-order valence-electron chi connectivity index (χ4n) is 1.82. The van der Waals surface area contributed by atoms with E-state index in [1.54, 1.807) is 12.0 Å². The predicted molar refractivity (Wildman–Crippen MR) is 75.6 cm³/mol. The van der Waals surface area contributed by atoms with E-state index < -0.39 is 5.41 Å². The Morgan fingerprint density at radius 1 is 1.25 bits per heavy atom. The summed E-state index contributed by atoms with van der Waals surface area (Å²) in [5, 5.41) is 1.71. The standard InChI is InChI=1S/C15H25NO4/c1-5-19-13(17)7-6-12-8-10-16(11-9-12)20-14(18)15(2,3)4/h6-7,12H,5,8-11H2,1-4H3/b7-6+. The molecule has 114 valence electrons. The minimum absolute atomic E-state index is 0.210. The summed E-state index contributed by atoms with van der Waals surface area (Å²) in [7, 11) is 0. The van der Waals surface area contributed by atoms with Gasteiger partial charge in [-0.05, 0) is 46.5 Å². The Hall–Kier alpha value is -1.36. The first-order valence-electron chi connectivity index (χ1n) is 7.15. The SMILES string of the molecule is CCOC(=O)/C=C/C1CCN(OC(=O)C(C)(C)C)CC1. The van der Waals surface area contributed by atoms with Crippen LogP contribution in [-0.2, 0) is 19.2 Å². The van der Waals surface area contributed by atoms with Gasteiger partial charge in [-0.15, -0.1) is 5.06 Å². The van der Waals surface area contributed by atoms with Crippen molar-refractivity contribution < 1.29 is 19.2 Å². The summed E-state index contributed by atoms with van der Waals surface area (Å²) in [6.07, 6.45) is 5.12. The maximum Gasteiger partial charge on any atom is 0.330 e. The molecule has 0 spiro atoms. The third-order valence-electron chi connectivity index (χ3n) is 3.11. The molecule has 0 aromatic carbocycles. The molecule has 0 saturated carbocycles. The lowest BCUT2D eigenvalue weighted by Crippen LogP contribution is -2.38. The number of nitrogens with zero attached hydrogens (tertiary/aromatic N) is 1. The molecular formula is C15H25NO4. The number of allylic oxidation sites excluding steroid dienone is 1. The zero-order valence-corrected chi connectivity index (χ0v) is 12.8. The van der Waals surface area contributed by atoms with Gasteiger partial charge in [-0.1, -0.05) is 6.08 Å². The molecule has 5 nitrogen and oxygen atoms in total. The molecule has 0 N–H and O–H groups in total. The molecule has 0 aromatic heterocycles. The van der Waals surface area contributed by atoms with Crippen molar-refractivity contribution in [3.63, 3.8) is 0 Å². The van der Waals surface area contributed by atoms with Crippen LogP contribution in [0.1, 0.15) is 40.5 Å². The molecule has 0 bridgehead atoms. The van der Waals surface area contributed by atoms with Gasteiger partial charge in [-0.2, -0.15) is 0 Å². The first-order chi connectivity index (χ1) is 9.32. The molecule has 1 aliphatic heterocycles. The molecule has 0 atom stereocenters. The molecule has 1 rings (SSSR count). The quantitative estimate of drug-likeness (QED) is 0.585. The number of rotatable bonds is 4. The Balaban J connectivity index is 2.33. The monoisotopic (exact) mass is 283 g/mol. The number of hydrogen-bond donors (Lipinski definition) is 0. The lowest BCUT2D eigenvalue weighted by molar-refractivity contribution is -0.205. The van der Waals surface area contributed by atoms with Crippen molar-refractivity contribution in [2.75, 3.05) is 19.7 Å². The molecule has 1 fully saturated rings. The van der Waals surface area contributed by atoms with E-state index >= 15 is 0 Å². The molecule has 0 amide bonds. The lowest BCUT2D eigenvalue weighted by Gasteiger charge is -2.31. The Morgan fingerprint density at radius 3 is 2.35 bits per heavy atom. The Labute approximate surface area is 120 Å². The normalized spacial score (nSPS) is 18.2. The Morgan fingerprint density at radius 2 is 1.85 bits per heavy atom. The van der Waals surface area contributed by atoms with E-state index in [1.165, 1.54) is 6.08 Å². The fourth-order valence-corrected chi connectivity index (χ4v) is 1.82. The van der Waals surface area contributed by atoms with Crippen LogP contribution in [0.15, 0.2) is 12.2 Å². The van der Waals surface area contributed by atoms with Gasteiger partial charge < -0.3 is 9.57 Å². The highest BCUT2D eigenvalue weighted by Crippen LogP contribution is 2.21. The van der Waals surface area contributed by atoms with Crippen molar-refractivity contribution in [2.45, 2.75) is 40.5 Å². The number of piperidine rings is 1. The van der Waals surface area contributed by atoms with Crippen molar-refractivity contribution in [1.82, 2.24) is 5.06 Å². The van der Waals surface area contributed by atoms with E-state index in [0.717, 1.165) is 12.8 Å². The number of ether oxygens (including phenoxy) is 1. The van der Waals surface area contributed by atoms with Gasteiger partial charge in [0.05, 0.1) is 12.0 Å². The molecule has 0 radical (unpaired) electrons. The average Bonchev–Trinajstić information content (AvgIpc) is 2.37. The minimum Gasteiger partial charge on any atom is -0.463 e. The summed E-state index contributed by atoms with van der Waals surface area (Å²) in [6.45, 7) is 9.08. The Kier molecular flexibility index (Phi) is 6.20. The predicted octanol–water partition coefficient (Wildman–Crippen LogP) is 2.32. The van der Waals surface area contributed by atoms with E-state index in [0.29, 0.717) is 25.6 Å². The Bertz CT molecular complexity index is 363. The first-order valence-corrected chi connectivity index (χ1v) is 7.15. The van der Waals surface area contributed by atoms with Crippen LogP contribution in [0.4, 0.5) is 0 Å². The van der Waals surface area contributed by atoms with E-state index in [-0.39, 0.29) is 11.9 Å². The molecule has 1 heterocycles. The molecular weight excluding hydrogens is 258 g/mol. The first kappa shape index (κ1) is 16.7. The third kappa shape index (κ3) is 5.74. The maximum absolute atomic E-state index is 11.8. The average molecular weight is 283 g/mol. The number of hydroxylamine groups is 2. The van der Waals surface area contributed by atoms with E-state index in [4.69, 9.17) is 9.57 Å². The fraction of sp³-hybridized carbons (Fsp3) is 0.733. The van der Waals surface area contributed by atoms with E-state index in [9.17, 15) is 9.59 Å². The molecule has 0 aromatic rings. The van der Waals surface area contributed by atoms with Crippen molar-refractivity contribution in [3.8, 4) is 0 Å². The highest BCUT2D eigenvalue weighted by molar-refractivity contribution is 5.81. The van der Waals surface area contributed by atoms with Crippen LogP contribution in [-0.4, -0.2) is 36.7 Å². The molecule has 0 aliphatic carbocycles. The zero-order valence-electron chi connectivity index (χ0n) is 12.8. The van der Waals surface area contributed by atoms with Gasteiger partial charge >= 0.3 is 11.9 Å². The van der Waals surface area contributed by atoms with Gasteiger partial charge in [-0.3, -0.25) is 0 Å². The van der Waals surface area contributed by atoms with Crippen LogP contribution in [0.5, 0.6) is 0 Å². The summed E-state index contributed by atoms with van der Waals surface area (Å²) in [4.78, 5) is 28.3. The van der Waals surface area contributed by atoms with Crippen LogP contribution >= 0.6 is 0 Å². The second-order valence-corrected chi connectivity index (χ2v) is 6.01. The lowest BCUT2D eigenvalue weighted by atomic mass is 9.97. The number of esters is 1. The summed E-state index contributed by atoms with van der Waals surface area (Å²) >= 11 is 0. The summed E-state index contributed by atoms with van der Waals surface area (Å²) in [5.41, 5.74) is -0.485. The van der Waals surface area contributed by atoms with Gasteiger partial charge in [0, 0.05) is 19.2 Å². The van der Waals surface area contributed by atoms with Crippen molar-refractivity contribution >= 4 is 11.9 Å². The van der Waals surface area contributed by atoms with Crippen molar-refractivity contribution in [2.24, 2.45) is 11.3 Å². The second kappa shape index (κ2) is 7.43. The number of carbonyl (C=O) groups is 2. The smallest absolute Gasteiger partial charge is 0.330 e. The summed E-state index contributed by atoms with van der Waals surface area (Å²) < 4.78 is 4.84. The van der Waals surface area contributed by atoms with Crippen LogP contribution in [0.3, 0.4) is 0 Å². The molecule has 0 unspecified atom stereocenters. The van der Waals surface area contributed by atoms with Gasteiger partial charge in [0.15, 0.2) is 0 Å². The van der Waals surface area contributed by atoms with Crippen LogP contribution in [0, 0.1) is 11.3 Å². The van der Waals surface area contributed by atoms with Gasteiger partial charge in [0.1, 0.15) is 0 Å². The molecule has 1 saturated heterocycles. The molecule has 5 heteroatoms. The second-order valence-electron chi connectivity index (χ2n) is 6.01. The van der Waals surface area contributed by atoms with Crippen LogP contribution in [0.25, 0.3) is 0 Å². The summed E-state index contributed by atoms with van der Waals surface area (Å²) in [6, 6.07) is 0. The molecule has 20 heavy (non-hydrogen) atoms. The minimum atomic E-state index is -0.485. The van der Waals surface area contributed by atoms with Gasteiger partial charge in [-0.25, -0.2) is 9.59 Å². The van der Waals surface area contributed by atoms with E-state index in [2.05, 4.69) is 0 Å². The highest BCUT2D eigenvalue weighted by Gasteiger charge is 2.27. The molecule has 1 aliphatic rings. The van der Waals surface area contributed by atoms with E-state index in [1.807, 2.05) is 26.8 Å². The van der Waals surface area contributed by atoms with Gasteiger partial charge in [0.25, 0.3) is 0 Å². The highest BCUT2D eigenvalue weighted by atomic mass is 16.7. The topological polar surface area (TPSA) is 55.8 Å². The van der Waals surface area contributed by atoms with Gasteiger partial charge in [0.2, 0.25) is 0 Å². The van der Waals surface area contributed by atoms with Crippen LogP contribution in [0.2, 0.25) is 0 Å². The maximum atomic E-state index is 11.8. The number of hydrogen-bond acceptors (Lipinski definition) is 5. The largest absolute Gasteiger partial charge is 0.463 e. The zero-order chi connectivity index (χ0) is 15.2. The van der Waals surface area contributed by atoms with Crippen molar-refractivity contribution in [3.05, 3.63) is 12.2 Å². The van der Waals surface area contributed by atoms with Crippen LogP contribution < -0.4 is 0 Å². The van der Waals surface area contributed by atoms with Crippen molar-refractivity contribution in [1.29, 1.82) is 0 Å².